The summed E-state index contributed by atoms with van der Waals surface area (Å²) < 4.78 is 4.13. The van der Waals surface area contributed by atoms with Gasteiger partial charge in [-0.1, -0.05) is 15.9 Å². The third-order valence-corrected chi connectivity index (χ3v) is 7.92. The van der Waals surface area contributed by atoms with Gasteiger partial charge in [0, 0.05) is 39.7 Å². The van der Waals surface area contributed by atoms with Gasteiger partial charge in [-0.15, -0.1) is 0 Å². The molecule has 1 amide bonds. The molecule has 196 valence electrons. The van der Waals surface area contributed by atoms with Gasteiger partial charge in [0.2, 0.25) is 5.95 Å². The molecule has 1 atom stereocenters. The van der Waals surface area contributed by atoms with Gasteiger partial charge >= 0.3 is 0 Å². The van der Waals surface area contributed by atoms with E-state index in [4.69, 9.17) is 4.98 Å². The Kier molecular flexibility index (Phi) is 6.10. The van der Waals surface area contributed by atoms with Crippen LogP contribution in [0.15, 0.2) is 58.2 Å². The fourth-order valence-electron chi connectivity index (χ4n) is 5.04. The second kappa shape index (κ2) is 9.49. The molecule has 1 aromatic carbocycles. The number of carbonyl (C=O) groups is 1. The van der Waals surface area contributed by atoms with Crippen LogP contribution in [0.3, 0.4) is 0 Å². The van der Waals surface area contributed by atoms with Gasteiger partial charge < -0.3 is 4.90 Å². The number of amides is 1. The molecule has 0 spiro atoms. The largest absolute Gasteiger partial charge is 0.330 e. The lowest BCUT2D eigenvalue weighted by atomic mass is 9.98. The zero-order chi connectivity index (χ0) is 27.4. The predicted octanol–water partition coefficient (Wildman–Crippen LogP) is 4.03. The van der Waals surface area contributed by atoms with Gasteiger partial charge in [0.15, 0.2) is 5.65 Å². The number of pyridine rings is 1. The molecule has 6 rings (SSSR count). The summed E-state index contributed by atoms with van der Waals surface area (Å²) in [6.45, 7) is 7.92. The van der Waals surface area contributed by atoms with E-state index in [1.807, 2.05) is 52.0 Å². The SMILES string of the molecule is Cc1cc(C)n(-c2nc3c(c(=O)n2-c2cnc4nccnc4c2)C[C@@H](C)N(C(=O)c2ccc(Br)c(C)c2)C3)n1. The van der Waals surface area contributed by atoms with Crippen LogP contribution >= 0.6 is 15.9 Å². The maximum atomic E-state index is 14.1. The Hall–Kier alpha value is -4.25. The maximum absolute atomic E-state index is 14.1. The van der Waals surface area contributed by atoms with Crippen molar-refractivity contribution in [3.63, 3.8) is 0 Å². The lowest BCUT2D eigenvalue weighted by Crippen LogP contribution is -2.46. The molecule has 10 nitrogen and oxygen atoms in total. The Bertz CT molecular complexity index is 1840. The van der Waals surface area contributed by atoms with Crippen molar-refractivity contribution in [2.75, 3.05) is 0 Å². The molecule has 0 unspecified atom stereocenters. The number of nitrogens with zero attached hydrogens (tertiary/aromatic N) is 8. The normalized spacial score (nSPS) is 15.0. The summed E-state index contributed by atoms with van der Waals surface area (Å²) in [5.41, 5.74) is 5.68. The van der Waals surface area contributed by atoms with Crippen molar-refractivity contribution in [3.05, 3.63) is 97.5 Å². The number of hydrogen-bond donors (Lipinski definition) is 0. The van der Waals surface area contributed by atoms with E-state index in [-0.39, 0.29) is 24.1 Å². The van der Waals surface area contributed by atoms with Gasteiger partial charge in [-0.25, -0.2) is 24.2 Å². The first-order chi connectivity index (χ1) is 18.7. The molecule has 0 N–H and O–H groups in total. The first kappa shape index (κ1) is 25.1. The van der Waals surface area contributed by atoms with E-state index in [9.17, 15) is 9.59 Å². The minimum absolute atomic E-state index is 0.0975. The number of carbonyl (C=O) groups excluding carboxylic acids is 1. The number of aromatic nitrogens is 7. The average molecular weight is 585 g/mol. The van der Waals surface area contributed by atoms with Crippen molar-refractivity contribution < 1.29 is 4.79 Å². The Morgan fingerprint density at radius 3 is 2.59 bits per heavy atom. The van der Waals surface area contributed by atoms with Crippen LogP contribution in [0.1, 0.15) is 45.5 Å². The summed E-state index contributed by atoms with van der Waals surface area (Å²) in [5.74, 6) is 0.232. The number of benzene rings is 1. The van der Waals surface area contributed by atoms with Crippen molar-refractivity contribution in [1.29, 1.82) is 0 Å². The highest BCUT2D eigenvalue weighted by atomic mass is 79.9. The lowest BCUT2D eigenvalue weighted by molar-refractivity contribution is 0.0653. The molecule has 0 radical (unpaired) electrons. The Morgan fingerprint density at radius 1 is 1.05 bits per heavy atom. The first-order valence-electron chi connectivity index (χ1n) is 12.5. The van der Waals surface area contributed by atoms with E-state index in [1.54, 1.807) is 34.2 Å². The summed E-state index contributed by atoms with van der Waals surface area (Å²) in [5, 5.41) is 4.61. The van der Waals surface area contributed by atoms with E-state index < -0.39 is 0 Å². The third kappa shape index (κ3) is 4.32. The Balaban J connectivity index is 1.51. The summed E-state index contributed by atoms with van der Waals surface area (Å²) >= 11 is 3.50. The molecule has 39 heavy (non-hydrogen) atoms. The fraction of sp³-hybridized carbons (Fsp3) is 0.250. The van der Waals surface area contributed by atoms with Crippen LogP contribution in [0, 0.1) is 20.8 Å². The molecular weight excluding hydrogens is 560 g/mol. The van der Waals surface area contributed by atoms with Crippen molar-refractivity contribution in [2.45, 2.75) is 46.7 Å². The van der Waals surface area contributed by atoms with Crippen LogP contribution in [0.25, 0.3) is 22.8 Å². The summed E-state index contributed by atoms with van der Waals surface area (Å²) in [4.78, 5) is 47.5. The summed E-state index contributed by atoms with van der Waals surface area (Å²) in [6, 6.07) is 9.06. The lowest BCUT2D eigenvalue weighted by Gasteiger charge is -2.34. The molecule has 11 heteroatoms. The van der Waals surface area contributed by atoms with E-state index in [1.165, 1.54) is 4.57 Å². The second-order valence-corrected chi connectivity index (χ2v) is 10.7. The van der Waals surface area contributed by atoms with E-state index in [2.05, 4.69) is 36.0 Å². The van der Waals surface area contributed by atoms with E-state index in [0.717, 1.165) is 21.4 Å². The van der Waals surface area contributed by atoms with Crippen LogP contribution in [-0.2, 0) is 13.0 Å². The third-order valence-electron chi connectivity index (χ3n) is 7.03. The molecule has 0 bridgehead atoms. The van der Waals surface area contributed by atoms with Gasteiger partial charge in [-0.3, -0.25) is 14.6 Å². The number of rotatable bonds is 3. The molecule has 0 saturated heterocycles. The number of fused-ring (bicyclic) bond motifs is 2. The van der Waals surface area contributed by atoms with Gasteiger partial charge in [-0.2, -0.15) is 5.10 Å². The Labute approximate surface area is 232 Å². The van der Waals surface area contributed by atoms with Gasteiger partial charge in [0.1, 0.15) is 5.52 Å². The van der Waals surface area contributed by atoms with Crippen LogP contribution in [-0.4, -0.2) is 51.1 Å². The highest BCUT2D eigenvalue weighted by Gasteiger charge is 2.32. The smallest absolute Gasteiger partial charge is 0.263 e. The molecule has 0 saturated carbocycles. The van der Waals surface area contributed by atoms with Crippen molar-refractivity contribution in [2.24, 2.45) is 0 Å². The average Bonchev–Trinajstić information content (AvgIpc) is 3.27. The molecule has 0 fully saturated rings. The standard InChI is InChI=1S/C28H25BrN8O2/c1-15-9-19(5-6-22(15)29)26(38)35-14-24-21(11-17(35)3)27(39)36(28(33-24)37-18(4)10-16(2)34-37)20-12-23-25(32-13-20)31-8-7-30-23/h5-10,12-13,17H,11,14H2,1-4H3/t17-/m1/s1. The van der Waals surface area contributed by atoms with Crippen molar-refractivity contribution in [1.82, 2.24) is 39.2 Å². The van der Waals surface area contributed by atoms with Crippen molar-refractivity contribution >= 4 is 33.0 Å². The minimum Gasteiger partial charge on any atom is -0.330 e. The van der Waals surface area contributed by atoms with Gasteiger partial charge in [0.05, 0.1) is 29.8 Å². The van der Waals surface area contributed by atoms with Crippen LogP contribution in [0.5, 0.6) is 0 Å². The minimum atomic E-state index is -0.217. The number of hydrogen-bond acceptors (Lipinski definition) is 7. The van der Waals surface area contributed by atoms with Crippen LogP contribution < -0.4 is 5.56 Å². The highest BCUT2D eigenvalue weighted by Crippen LogP contribution is 2.26. The molecule has 5 heterocycles. The molecule has 1 aliphatic rings. The molecule has 5 aromatic rings. The molecular formula is C28H25BrN8O2. The highest BCUT2D eigenvalue weighted by molar-refractivity contribution is 9.10. The van der Waals surface area contributed by atoms with Crippen LogP contribution in [0.4, 0.5) is 0 Å². The Morgan fingerprint density at radius 2 is 1.85 bits per heavy atom. The molecule has 1 aliphatic heterocycles. The summed E-state index contributed by atoms with van der Waals surface area (Å²) in [6.07, 6.45) is 5.14. The predicted molar refractivity (Wildman–Crippen MR) is 149 cm³/mol. The topological polar surface area (TPSA) is 112 Å². The fourth-order valence-corrected chi connectivity index (χ4v) is 5.28. The summed E-state index contributed by atoms with van der Waals surface area (Å²) in [7, 11) is 0. The first-order valence-corrected chi connectivity index (χ1v) is 13.3. The van der Waals surface area contributed by atoms with E-state index in [0.29, 0.717) is 46.0 Å². The zero-order valence-corrected chi connectivity index (χ0v) is 23.5. The maximum Gasteiger partial charge on any atom is 0.263 e. The molecule has 0 aliphatic carbocycles. The van der Waals surface area contributed by atoms with Gasteiger partial charge in [-0.05, 0) is 70.0 Å². The number of halogens is 1. The molecule has 4 aromatic heterocycles. The zero-order valence-electron chi connectivity index (χ0n) is 21.9. The quantitative estimate of drug-likeness (QED) is 0.314. The number of aryl methyl sites for hydroxylation is 3. The van der Waals surface area contributed by atoms with Crippen molar-refractivity contribution in [3.8, 4) is 11.6 Å². The van der Waals surface area contributed by atoms with Crippen LogP contribution in [0.2, 0.25) is 0 Å². The van der Waals surface area contributed by atoms with E-state index >= 15 is 0 Å². The monoisotopic (exact) mass is 584 g/mol. The second-order valence-electron chi connectivity index (χ2n) is 9.86. The van der Waals surface area contributed by atoms with Gasteiger partial charge in [0.25, 0.3) is 11.5 Å².